The maximum Gasteiger partial charge on any atom is 0.317 e. The van der Waals surface area contributed by atoms with E-state index in [9.17, 15) is 4.79 Å². The zero-order chi connectivity index (χ0) is 16.1. The Kier molecular flexibility index (Phi) is 5.55. The molecule has 0 aliphatic rings. The van der Waals surface area contributed by atoms with Gasteiger partial charge in [0.2, 0.25) is 0 Å². The molecule has 0 unspecified atom stereocenters. The number of hydrogen-bond acceptors (Lipinski definition) is 3. The molecule has 1 heterocycles. The number of aryl methyl sites for hydroxylation is 2. The molecule has 22 heavy (non-hydrogen) atoms. The predicted molar refractivity (Wildman–Crippen MR) is 91.3 cm³/mol. The van der Waals surface area contributed by atoms with Crippen molar-refractivity contribution < 1.29 is 4.79 Å². The molecule has 1 N–H and O–H groups in total. The van der Waals surface area contributed by atoms with Gasteiger partial charge in [0.25, 0.3) is 0 Å². The van der Waals surface area contributed by atoms with E-state index in [-0.39, 0.29) is 12.1 Å². The second-order valence-electron chi connectivity index (χ2n) is 5.44. The molecule has 5 heteroatoms. The smallest absolute Gasteiger partial charge is 0.317 e. The fourth-order valence-corrected chi connectivity index (χ4v) is 3.39. The number of aromatic nitrogens is 1. The molecule has 0 bridgehead atoms. The van der Waals surface area contributed by atoms with E-state index in [0.717, 1.165) is 22.0 Å². The monoisotopic (exact) mass is 317 g/mol. The first-order chi connectivity index (χ1) is 10.5. The predicted octanol–water partition coefficient (Wildman–Crippen LogP) is 3.71. The van der Waals surface area contributed by atoms with Crippen molar-refractivity contribution in [1.82, 2.24) is 15.2 Å². The van der Waals surface area contributed by atoms with E-state index in [1.165, 1.54) is 5.56 Å². The molecule has 1 atom stereocenters. The second kappa shape index (κ2) is 7.40. The van der Waals surface area contributed by atoms with Crippen LogP contribution in [-0.4, -0.2) is 29.5 Å². The molecule has 0 aliphatic heterocycles. The van der Waals surface area contributed by atoms with Crippen LogP contribution >= 0.6 is 11.3 Å². The highest BCUT2D eigenvalue weighted by Gasteiger charge is 2.21. The number of urea groups is 1. The highest BCUT2D eigenvalue weighted by atomic mass is 32.1. The van der Waals surface area contributed by atoms with Crippen LogP contribution in [0.5, 0.6) is 0 Å². The van der Waals surface area contributed by atoms with E-state index in [1.54, 1.807) is 16.2 Å². The van der Waals surface area contributed by atoms with Crippen molar-refractivity contribution in [3.8, 4) is 0 Å². The van der Waals surface area contributed by atoms with Crippen LogP contribution in [-0.2, 0) is 6.42 Å². The van der Waals surface area contributed by atoms with Gasteiger partial charge in [0.05, 0.1) is 16.7 Å². The van der Waals surface area contributed by atoms with Crippen LogP contribution in [0.25, 0.3) is 0 Å². The van der Waals surface area contributed by atoms with E-state index in [4.69, 9.17) is 0 Å². The zero-order valence-electron chi connectivity index (χ0n) is 13.6. The summed E-state index contributed by atoms with van der Waals surface area (Å²) in [7, 11) is 1.83. The number of carbonyl (C=O) groups excluding carboxylic acids is 1. The van der Waals surface area contributed by atoms with Gasteiger partial charge in [0.15, 0.2) is 0 Å². The molecule has 1 aromatic heterocycles. The number of thiazole rings is 1. The van der Waals surface area contributed by atoms with Crippen LogP contribution in [0.15, 0.2) is 30.3 Å². The van der Waals surface area contributed by atoms with Gasteiger partial charge in [0, 0.05) is 18.5 Å². The minimum atomic E-state index is -0.0473. The molecule has 4 nitrogen and oxygen atoms in total. The lowest BCUT2D eigenvalue weighted by Gasteiger charge is -2.24. The fourth-order valence-electron chi connectivity index (χ4n) is 2.37. The molecule has 0 saturated carbocycles. The average Bonchev–Trinajstić information content (AvgIpc) is 2.85. The first-order valence-electron chi connectivity index (χ1n) is 7.47. The summed E-state index contributed by atoms with van der Waals surface area (Å²) >= 11 is 1.66. The summed E-state index contributed by atoms with van der Waals surface area (Å²) in [4.78, 5) is 19.6. The maximum absolute atomic E-state index is 12.3. The summed E-state index contributed by atoms with van der Waals surface area (Å²) < 4.78 is 0. The Morgan fingerprint density at radius 3 is 2.59 bits per heavy atom. The molecule has 2 aromatic rings. The van der Waals surface area contributed by atoms with Crippen LogP contribution in [0.4, 0.5) is 4.79 Å². The standard InChI is InChI=1S/C17H23N3OS/c1-12-16(22-14(3)19-12)13(2)20(4)17(21)18-11-10-15-8-6-5-7-9-15/h5-9,13H,10-11H2,1-4H3,(H,18,21)/t13-/m0/s1. The minimum Gasteiger partial charge on any atom is -0.338 e. The zero-order valence-corrected chi connectivity index (χ0v) is 14.4. The van der Waals surface area contributed by atoms with Gasteiger partial charge in [-0.15, -0.1) is 11.3 Å². The molecular formula is C17H23N3OS. The maximum atomic E-state index is 12.3. The van der Waals surface area contributed by atoms with Gasteiger partial charge in [0.1, 0.15) is 0 Å². The van der Waals surface area contributed by atoms with E-state index in [0.29, 0.717) is 6.54 Å². The van der Waals surface area contributed by atoms with Gasteiger partial charge in [-0.05, 0) is 32.8 Å². The largest absolute Gasteiger partial charge is 0.338 e. The fraction of sp³-hybridized carbons (Fsp3) is 0.412. The molecule has 118 valence electrons. The third-order valence-electron chi connectivity index (χ3n) is 3.75. The number of nitrogens with one attached hydrogen (secondary N) is 1. The Labute approximate surface area is 136 Å². The second-order valence-corrected chi connectivity index (χ2v) is 6.67. The summed E-state index contributed by atoms with van der Waals surface area (Å²) in [5, 5.41) is 4.02. The highest BCUT2D eigenvalue weighted by Crippen LogP contribution is 2.28. The van der Waals surface area contributed by atoms with Gasteiger partial charge >= 0.3 is 6.03 Å². The number of amides is 2. The van der Waals surface area contributed by atoms with Crippen molar-refractivity contribution in [3.05, 3.63) is 51.5 Å². The number of rotatable bonds is 5. The van der Waals surface area contributed by atoms with Gasteiger partial charge in [-0.3, -0.25) is 0 Å². The SMILES string of the molecule is Cc1nc(C)c([C@H](C)N(C)C(=O)NCCc2ccccc2)s1. The first-order valence-corrected chi connectivity index (χ1v) is 8.29. The highest BCUT2D eigenvalue weighted by molar-refractivity contribution is 7.11. The van der Waals surface area contributed by atoms with Crippen molar-refractivity contribution in [2.45, 2.75) is 33.2 Å². The lowest BCUT2D eigenvalue weighted by molar-refractivity contribution is 0.195. The Balaban J connectivity index is 1.87. The molecule has 0 spiro atoms. The summed E-state index contributed by atoms with van der Waals surface area (Å²) in [5.74, 6) is 0. The molecule has 2 amide bonds. The quantitative estimate of drug-likeness (QED) is 0.914. The molecule has 1 aromatic carbocycles. The number of hydrogen-bond donors (Lipinski definition) is 1. The third-order valence-corrected chi connectivity index (χ3v) is 5.00. The molecule has 0 aliphatic carbocycles. The summed E-state index contributed by atoms with van der Waals surface area (Å²) in [6.45, 7) is 6.67. The molecule has 0 fully saturated rings. The number of carbonyl (C=O) groups is 1. The van der Waals surface area contributed by atoms with Crippen LogP contribution in [0.2, 0.25) is 0 Å². The van der Waals surface area contributed by atoms with E-state index in [1.807, 2.05) is 46.0 Å². The molecule has 0 radical (unpaired) electrons. The Hall–Kier alpha value is -1.88. The molecule has 0 saturated heterocycles. The minimum absolute atomic E-state index is 0.0305. The Bertz CT molecular complexity index is 624. The molecular weight excluding hydrogens is 294 g/mol. The van der Waals surface area contributed by atoms with Crippen LogP contribution < -0.4 is 5.32 Å². The molecule has 2 rings (SSSR count). The van der Waals surface area contributed by atoms with Crippen molar-refractivity contribution in [1.29, 1.82) is 0 Å². The van der Waals surface area contributed by atoms with E-state index in [2.05, 4.69) is 22.4 Å². The summed E-state index contributed by atoms with van der Waals surface area (Å²) in [6, 6.07) is 10.2. The van der Waals surface area contributed by atoms with Crippen molar-refractivity contribution in [2.75, 3.05) is 13.6 Å². The van der Waals surface area contributed by atoms with Crippen molar-refractivity contribution >= 4 is 17.4 Å². The van der Waals surface area contributed by atoms with Crippen molar-refractivity contribution in [3.63, 3.8) is 0 Å². The summed E-state index contributed by atoms with van der Waals surface area (Å²) in [6.07, 6.45) is 0.841. The topological polar surface area (TPSA) is 45.2 Å². The van der Waals surface area contributed by atoms with Gasteiger partial charge in [-0.2, -0.15) is 0 Å². The van der Waals surface area contributed by atoms with Crippen LogP contribution in [0.1, 0.15) is 34.1 Å². The lowest BCUT2D eigenvalue weighted by atomic mass is 10.1. The number of nitrogens with zero attached hydrogens (tertiary/aromatic N) is 2. The normalized spacial score (nSPS) is 12.0. The number of benzene rings is 1. The van der Waals surface area contributed by atoms with Crippen LogP contribution in [0, 0.1) is 13.8 Å². The van der Waals surface area contributed by atoms with Gasteiger partial charge < -0.3 is 10.2 Å². The van der Waals surface area contributed by atoms with Gasteiger partial charge in [-0.25, -0.2) is 9.78 Å². The van der Waals surface area contributed by atoms with E-state index < -0.39 is 0 Å². The van der Waals surface area contributed by atoms with E-state index >= 15 is 0 Å². The third kappa shape index (κ3) is 4.07. The Morgan fingerprint density at radius 2 is 2.00 bits per heavy atom. The Morgan fingerprint density at radius 1 is 1.32 bits per heavy atom. The lowest BCUT2D eigenvalue weighted by Crippen LogP contribution is -2.39. The van der Waals surface area contributed by atoms with Crippen LogP contribution in [0.3, 0.4) is 0 Å². The average molecular weight is 317 g/mol. The first kappa shape index (κ1) is 16.5. The van der Waals surface area contributed by atoms with Gasteiger partial charge in [-0.1, -0.05) is 30.3 Å². The van der Waals surface area contributed by atoms with Crippen molar-refractivity contribution in [2.24, 2.45) is 0 Å². The summed E-state index contributed by atoms with van der Waals surface area (Å²) in [5.41, 5.74) is 2.24.